The van der Waals surface area contributed by atoms with Crippen LogP contribution in [-0.4, -0.2) is 26.2 Å². The molecule has 0 saturated carbocycles. The van der Waals surface area contributed by atoms with Gasteiger partial charge in [-0.15, -0.1) is 0 Å². The van der Waals surface area contributed by atoms with Crippen LogP contribution >= 0.6 is 0 Å². The molecule has 0 unspecified atom stereocenters. The van der Waals surface area contributed by atoms with E-state index in [1.54, 1.807) is 0 Å². The van der Waals surface area contributed by atoms with Crippen molar-refractivity contribution in [2.24, 2.45) is 0 Å². The van der Waals surface area contributed by atoms with Crippen molar-refractivity contribution in [2.75, 3.05) is 31.6 Å². The Kier molecular flexibility index (Phi) is 9.76. The zero-order valence-corrected chi connectivity index (χ0v) is 13.1. The van der Waals surface area contributed by atoms with Crippen LogP contribution in [0, 0.1) is 0 Å². The minimum absolute atomic E-state index is 0.711. The average Bonchev–Trinajstić information content (AvgIpc) is 2.46. The maximum absolute atomic E-state index is 5.48. The number of rotatable bonds is 12. The Morgan fingerprint density at radius 1 is 0.950 bits per heavy atom. The Morgan fingerprint density at radius 3 is 2.60 bits per heavy atom. The van der Waals surface area contributed by atoms with Gasteiger partial charge in [-0.25, -0.2) is 0 Å². The zero-order valence-electron chi connectivity index (χ0n) is 13.1. The number of unbranched alkanes of at least 4 members (excludes halogenated alkanes) is 4. The highest BCUT2D eigenvalue weighted by atomic mass is 16.5. The maximum Gasteiger partial charge on any atom is 0.121 e. The van der Waals surface area contributed by atoms with E-state index in [4.69, 9.17) is 4.74 Å². The van der Waals surface area contributed by atoms with Crippen LogP contribution in [0.4, 0.5) is 5.69 Å². The summed E-state index contributed by atoms with van der Waals surface area (Å²) in [4.78, 5) is 0. The first-order valence-electron chi connectivity index (χ1n) is 8.04. The van der Waals surface area contributed by atoms with E-state index in [-0.39, 0.29) is 0 Å². The monoisotopic (exact) mass is 278 g/mol. The lowest BCUT2D eigenvalue weighted by Gasteiger charge is -2.09. The highest BCUT2D eigenvalue weighted by Crippen LogP contribution is 2.16. The molecule has 1 aromatic rings. The first-order valence-corrected chi connectivity index (χ1v) is 8.04. The second-order valence-electron chi connectivity index (χ2n) is 5.05. The second-order valence-corrected chi connectivity index (χ2v) is 5.05. The van der Waals surface area contributed by atoms with Gasteiger partial charge in [-0.3, -0.25) is 0 Å². The Labute approximate surface area is 124 Å². The van der Waals surface area contributed by atoms with Crippen molar-refractivity contribution < 1.29 is 4.74 Å². The fourth-order valence-electron chi connectivity index (χ4n) is 2.14. The van der Waals surface area contributed by atoms with E-state index in [0.29, 0.717) is 6.61 Å². The van der Waals surface area contributed by atoms with Gasteiger partial charge in [-0.05, 0) is 32.0 Å². The first kappa shape index (κ1) is 16.8. The molecular weight excluding hydrogens is 248 g/mol. The molecule has 0 spiro atoms. The summed E-state index contributed by atoms with van der Waals surface area (Å²) in [5.41, 5.74) is 1.13. The van der Waals surface area contributed by atoms with E-state index in [1.165, 1.54) is 32.1 Å². The van der Waals surface area contributed by atoms with Crippen molar-refractivity contribution in [1.29, 1.82) is 0 Å². The van der Waals surface area contributed by atoms with E-state index >= 15 is 0 Å². The van der Waals surface area contributed by atoms with Crippen LogP contribution in [0.1, 0.15) is 46.0 Å². The number of anilines is 1. The van der Waals surface area contributed by atoms with E-state index in [2.05, 4.69) is 23.6 Å². The summed E-state index contributed by atoms with van der Waals surface area (Å²) in [6.07, 6.45) is 6.71. The minimum atomic E-state index is 0.711. The lowest BCUT2D eigenvalue weighted by Crippen LogP contribution is -2.23. The molecule has 0 saturated heterocycles. The summed E-state index contributed by atoms with van der Waals surface area (Å²) in [5.74, 6) is 0.932. The lowest BCUT2D eigenvalue weighted by molar-refractivity contribution is 0.340. The third-order valence-electron chi connectivity index (χ3n) is 3.23. The standard InChI is InChI=1S/C17H30N2O/c1-3-5-6-7-8-12-18-13-14-19-16-10-9-11-17(15-16)20-4-2/h9-11,15,18-19H,3-8,12-14H2,1-2H3. The first-order chi connectivity index (χ1) is 9.86. The van der Waals surface area contributed by atoms with Crippen LogP contribution in [-0.2, 0) is 0 Å². The molecule has 20 heavy (non-hydrogen) atoms. The molecular formula is C17H30N2O. The molecule has 0 heterocycles. The molecule has 3 nitrogen and oxygen atoms in total. The Morgan fingerprint density at radius 2 is 1.80 bits per heavy atom. The van der Waals surface area contributed by atoms with Crippen LogP contribution in [0.15, 0.2) is 24.3 Å². The van der Waals surface area contributed by atoms with Crippen LogP contribution in [0.5, 0.6) is 5.75 Å². The number of hydrogen-bond acceptors (Lipinski definition) is 3. The number of benzene rings is 1. The van der Waals surface area contributed by atoms with Gasteiger partial charge in [0, 0.05) is 24.8 Å². The fraction of sp³-hybridized carbons (Fsp3) is 0.647. The normalized spacial score (nSPS) is 10.5. The molecule has 0 aliphatic carbocycles. The Hall–Kier alpha value is -1.22. The molecule has 3 heteroatoms. The van der Waals surface area contributed by atoms with Gasteiger partial charge < -0.3 is 15.4 Å². The van der Waals surface area contributed by atoms with Gasteiger partial charge in [0.15, 0.2) is 0 Å². The van der Waals surface area contributed by atoms with Gasteiger partial charge in [0.1, 0.15) is 5.75 Å². The third-order valence-corrected chi connectivity index (χ3v) is 3.23. The highest BCUT2D eigenvalue weighted by molar-refractivity contribution is 5.48. The van der Waals surface area contributed by atoms with Crippen LogP contribution < -0.4 is 15.4 Å². The predicted octanol–water partition coefficient (Wildman–Crippen LogP) is 4.06. The van der Waals surface area contributed by atoms with Crippen molar-refractivity contribution in [1.82, 2.24) is 5.32 Å². The number of ether oxygens (including phenoxy) is 1. The number of hydrogen-bond donors (Lipinski definition) is 2. The van der Waals surface area contributed by atoms with Crippen LogP contribution in [0.2, 0.25) is 0 Å². The molecule has 114 valence electrons. The molecule has 0 fully saturated rings. The van der Waals surface area contributed by atoms with Crippen molar-refractivity contribution in [3.8, 4) is 5.75 Å². The molecule has 0 amide bonds. The second kappa shape index (κ2) is 11.6. The van der Waals surface area contributed by atoms with Gasteiger partial charge in [0.2, 0.25) is 0 Å². The van der Waals surface area contributed by atoms with Gasteiger partial charge in [0.05, 0.1) is 6.61 Å². The largest absolute Gasteiger partial charge is 0.494 e. The highest BCUT2D eigenvalue weighted by Gasteiger charge is 1.95. The molecule has 0 atom stereocenters. The topological polar surface area (TPSA) is 33.3 Å². The molecule has 1 aromatic carbocycles. The summed E-state index contributed by atoms with van der Waals surface area (Å²) in [5, 5.41) is 6.89. The van der Waals surface area contributed by atoms with Crippen molar-refractivity contribution in [2.45, 2.75) is 46.0 Å². The van der Waals surface area contributed by atoms with E-state index in [1.807, 2.05) is 25.1 Å². The molecule has 0 aliphatic rings. The van der Waals surface area contributed by atoms with Gasteiger partial charge in [0.25, 0.3) is 0 Å². The summed E-state index contributed by atoms with van der Waals surface area (Å²) >= 11 is 0. The van der Waals surface area contributed by atoms with Gasteiger partial charge in [-0.1, -0.05) is 38.7 Å². The summed E-state index contributed by atoms with van der Waals surface area (Å²) < 4.78 is 5.48. The molecule has 0 aliphatic heterocycles. The maximum atomic E-state index is 5.48. The molecule has 0 radical (unpaired) electrons. The number of nitrogens with one attached hydrogen (secondary N) is 2. The van der Waals surface area contributed by atoms with Crippen LogP contribution in [0.25, 0.3) is 0 Å². The van der Waals surface area contributed by atoms with E-state index in [0.717, 1.165) is 31.1 Å². The van der Waals surface area contributed by atoms with Crippen LogP contribution in [0.3, 0.4) is 0 Å². The Balaban J connectivity index is 2.02. The molecule has 0 aromatic heterocycles. The summed E-state index contributed by atoms with van der Waals surface area (Å²) in [6.45, 7) is 8.06. The van der Waals surface area contributed by atoms with Gasteiger partial charge >= 0.3 is 0 Å². The average molecular weight is 278 g/mol. The fourth-order valence-corrected chi connectivity index (χ4v) is 2.14. The summed E-state index contributed by atoms with van der Waals surface area (Å²) in [7, 11) is 0. The molecule has 2 N–H and O–H groups in total. The predicted molar refractivity (Wildman–Crippen MR) is 87.7 cm³/mol. The minimum Gasteiger partial charge on any atom is -0.494 e. The van der Waals surface area contributed by atoms with E-state index < -0.39 is 0 Å². The third kappa shape index (κ3) is 8.05. The lowest BCUT2D eigenvalue weighted by atomic mass is 10.1. The zero-order chi connectivity index (χ0) is 14.5. The molecule has 1 rings (SSSR count). The molecule has 0 bridgehead atoms. The smallest absolute Gasteiger partial charge is 0.121 e. The van der Waals surface area contributed by atoms with Crippen molar-refractivity contribution >= 4 is 5.69 Å². The van der Waals surface area contributed by atoms with Gasteiger partial charge in [-0.2, -0.15) is 0 Å². The van der Waals surface area contributed by atoms with E-state index in [9.17, 15) is 0 Å². The quantitative estimate of drug-likeness (QED) is 0.566. The Bertz CT molecular complexity index is 342. The summed E-state index contributed by atoms with van der Waals surface area (Å²) in [6, 6.07) is 8.14. The van der Waals surface area contributed by atoms with Crippen molar-refractivity contribution in [3.63, 3.8) is 0 Å². The van der Waals surface area contributed by atoms with Crippen molar-refractivity contribution in [3.05, 3.63) is 24.3 Å². The SMILES string of the molecule is CCCCCCCNCCNc1cccc(OCC)c1.